The summed E-state index contributed by atoms with van der Waals surface area (Å²) in [7, 11) is -3.22. The molecule has 1 N–H and O–H groups in total. The summed E-state index contributed by atoms with van der Waals surface area (Å²) in [6.07, 6.45) is 2.74. The molecule has 0 unspecified atom stereocenters. The molecule has 1 aliphatic rings. The van der Waals surface area contributed by atoms with Gasteiger partial charge < -0.3 is 5.32 Å². The van der Waals surface area contributed by atoms with Crippen molar-refractivity contribution in [3.8, 4) is 0 Å². The summed E-state index contributed by atoms with van der Waals surface area (Å²) < 4.78 is 22.9. The summed E-state index contributed by atoms with van der Waals surface area (Å²) in [5.41, 5.74) is 1.56. The zero-order chi connectivity index (χ0) is 22.6. The summed E-state index contributed by atoms with van der Waals surface area (Å²) in [5, 5.41) is 2.81. The van der Waals surface area contributed by atoms with Crippen LogP contribution < -0.4 is 5.32 Å². The molecule has 31 heavy (non-hydrogen) atoms. The molecule has 0 radical (unpaired) electrons. The Morgan fingerprint density at radius 2 is 1.87 bits per heavy atom. The number of nitrogens with zero attached hydrogens (tertiary/aromatic N) is 1. The molecule has 1 aliphatic heterocycles. The van der Waals surface area contributed by atoms with Gasteiger partial charge >= 0.3 is 0 Å². The number of hydrogen-bond acceptors (Lipinski definition) is 6. The number of carbonyl (C=O) groups is 3. The quantitative estimate of drug-likeness (QED) is 0.612. The molecular weight excluding hydrogens is 460 g/mol. The van der Waals surface area contributed by atoms with Gasteiger partial charge in [-0.2, -0.15) is 0 Å². The van der Waals surface area contributed by atoms with Gasteiger partial charge in [-0.3, -0.25) is 19.3 Å². The van der Waals surface area contributed by atoms with Crippen molar-refractivity contribution in [2.45, 2.75) is 5.75 Å². The van der Waals surface area contributed by atoms with Crippen molar-refractivity contribution in [2.75, 3.05) is 19.3 Å². The van der Waals surface area contributed by atoms with Gasteiger partial charge in [0.2, 0.25) is 0 Å². The van der Waals surface area contributed by atoms with Crippen LogP contribution in [-0.2, 0) is 20.4 Å². The number of halogens is 1. The van der Waals surface area contributed by atoms with Gasteiger partial charge in [0, 0.05) is 29.9 Å². The second-order valence-electron chi connectivity index (χ2n) is 6.91. The molecule has 0 bridgehead atoms. The van der Waals surface area contributed by atoms with E-state index in [1.54, 1.807) is 48.5 Å². The van der Waals surface area contributed by atoms with E-state index in [2.05, 4.69) is 5.32 Å². The Hall–Kier alpha value is -2.62. The first-order chi connectivity index (χ1) is 14.6. The lowest BCUT2D eigenvalue weighted by atomic mass is 10.1. The standard InChI is InChI=1S/C21H19ClN2O5S2/c1-31(28,29)13-15-3-2-4-16(11-15)19(25)23-9-10-24-20(26)18(30-21(24)27)12-14-5-7-17(22)8-6-14/h2-8,11-12H,9-10,13H2,1H3,(H,23,25)/b18-12-. The highest BCUT2D eigenvalue weighted by atomic mass is 35.5. The number of rotatable bonds is 7. The molecule has 1 fully saturated rings. The average molecular weight is 479 g/mol. The van der Waals surface area contributed by atoms with Crippen LogP contribution in [0.3, 0.4) is 0 Å². The third kappa shape index (κ3) is 6.43. The molecule has 7 nitrogen and oxygen atoms in total. The fourth-order valence-electron chi connectivity index (χ4n) is 2.89. The Bertz CT molecular complexity index is 1160. The maximum Gasteiger partial charge on any atom is 0.293 e. The fraction of sp³-hybridized carbons (Fsp3) is 0.190. The van der Waals surface area contributed by atoms with E-state index in [9.17, 15) is 22.8 Å². The van der Waals surface area contributed by atoms with Crippen LogP contribution in [-0.4, -0.2) is 49.7 Å². The molecule has 162 valence electrons. The molecule has 0 saturated carbocycles. The SMILES string of the molecule is CS(=O)(=O)Cc1cccc(C(=O)NCCN2C(=O)S/C(=C\c3ccc(Cl)cc3)C2=O)c1. The van der Waals surface area contributed by atoms with E-state index < -0.39 is 26.9 Å². The Morgan fingerprint density at radius 1 is 1.16 bits per heavy atom. The molecule has 1 heterocycles. The molecule has 0 atom stereocenters. The van der Waals surface area contributed by atoms with Gasteiger partial charge in [0.15, 0.2) is 9.84 Å². The summed E-state index contributed by atoms with van der Waals surface area (Å²) in [5.74, 6) is -1.00. The molecule has 0 aliphatic carbocycles. The third-order valence-corrected chi connectivity index (χ3v) is 6.30. The van der Waals surface area contributed by atoms with Gasteiger partial charge in [-0.25, -0.2) is 8.42 Å². The third-order valence-electron chi connectivity index (χ3n) is 4.28. The van der Waals surface area contributed by atoms with Gasteiger partial charge in [-0.15, -0.1) is 0 Å². The first kappa shape index (κ1) is 23.1. The topological polar surface area (TPSA) is 101 Å². The van der Waals surface area contributed by atoms with Gasteiger partial charge in [-0.1, -0.05) is 35.9 Å². The molecule has 3 amide bonds. The smallest absolute Gasteiger partial charge is 0.293 e. The Labute approximate surface area is 189 Å². The van der Waals surface area contributed by atoms with E-state index >= 15 is 0 Å². The lowest BCUT2D eigenvalue weighted by Gasteiger charge is -2.13. The lowest BCUT2D eigenvalue weighted by molar-refractivity contribution is -0.122. The number of benzene rings is 2. The van der Waals surface area contributed by atoms with Gasteiger partial charge in [0.05, 0.1) is 10.7 Å². The lowest BCUT2D eigenvalue weighted by Crippen LogP contribution is -2.37. The molecule has 0 spiro atoms. The number of nitrogens with one attached hydrogen (secondary N) is 1. The minimum atomic E-state index is -3.22. The van der Waals surface area contributed by atoms with E-state index in [4.69, 9.17) is 11.6 Å². The summed E-state index contributed by atoms with van der Waals surface area (Å²) in [4.78, 5) is 38.5. The highest BCUT2D eigenvalue weighted by Gasteiger charge is 2.34. The predicted octanol–water partition coefficient (Wildman–Crippen LogP) is 3.35. The molecule has 2 aromatic carbocycles. The zero-order valence-corrected chi connectivity index (χ0v) is 18.9. The largest absolute Gasteiger partial charge is 0.350 e. The number of thioether (sulfide) groups is 1. The zero-order valence-electron chi connectivity index (χ0n) is 16.5. The maximum absolute atomic E-state index is 12.5. The fourth-order valence-corrected chi connectivity index (χ4v) is 4.67. The Kier molecular flexibility index (Phi) is 7.19. The van der Waals surface area contributed by atoms with Crippen molar-refractivity contribution in [1.82, 2.24) is 10.2 Å². The summed E-state index contributed by atoms with van der Waals surface area (Å²) in [6, 6.07) is 13.2. The molecule has 3 rings (SSSR count). The minimum Gasteiger partial charge on any atom is -0.350 e. The maximum atomic E-state index is 12.5. The van der Waals surface area contributed by atoms with Gasteiger partial charge in [-0.05, 0) is 53.2 Å². The van der Waals surface area contributed by atoms with Crippen LogP contribution in [0.4, 0.5) is 4.79 Å². The molecule has 0 aromatic heterocycles. The van der Waals surface area contributed by atoms with Crippen LogP contribution in [0.25, 0.3) is 6.08 Å². The molecule has 10 heteroatoms. The highest BCUT2D eigenvalue weighted by Crippen LogP contribution is 2.32. The van der Waals surface area contributed by atoms with Crippen molar-refractivity contribution < 1.29 is 22.8 Å². The van der Waals surface area contributed by atoms with Crippen molar-refractivity contribution in [1.29, 1.82) is 0 Å². The normalized spacial score (nSPS) is 15.5. The number of imide groups is 1. The highest BCUT2D eigenvalue weighted by molar-refractivity contribution is 8.18. The Morgan fingerprint density at radius 3 is 2.55 bits per heavy atom. The molecule has 2 aromatic rings. The van der Waals surface area contributed by atoms with Crippen LogP contribution in [0.2, 0.25) is 5.02 Å². The van der Waals surface area contributed by atoms with E-state index in [-0.39, 0.29) is 18.8 Å². The second kappa shape index (κ2) is 9.67. The van der Waals surface area contributed by atoms with Crippen LogP contribution in [0, 0.1) is 0 Å². The second-order valence-corrected chi connectivity index (χ2v) is 10.5. The summed E-state index contributed by atoms with van der Waals surface area (Å²) in [6.45, 7) is 0.0960. The van der Waals surface area contributed by atoms with E-state index in [0.29, 0.717) is 21.1 Å². The predicted molar refractivity (Wildman–Crippen MR) is 121 cm³/mol. The monoisotopic (exact) mass is 478 g/mol. The van der Waals surface area contributed by atoms with Crippen molar-refractivity contribution in [3.05, 3.63) is 75.1 Å². The van der Waals surface area contributed by atoms with Gasteiger partial charge in [0.1, 0.15) is 0 Å². The van der Waals surface area contributed by atoms with Crippen LogP contribution in [0.15, 0.2) is 53.4 Å². The van der Waals surface area contributed by atoms with Crippen LogP contribution in [0.1, 0.15) is 21.5 Å². The average Bonchev–Trinajstić information content (AvgIpc) is 2.96. The number of carbonyl (C=O) groups excluding carboxylic acids is 3. The van der Waals surface area contributed by atoms with E-state index in [0.717, 1.165) is 28.5 Å². The number of hydrogen-bond donors (Lipinski definition) is 1. The first-order valence-electron chi connectivity index (χ1n) is 9.18. The van der Waals surface area contributed by atoms with Crippen LogP contribution >= 0.6 is 23.4 Å². The number of amides is 3. The minimum absolute atomic E-state index is 0.0252. The van der Waals surface area contributed by atoms with Crippen molar-refractivity contribution in [3.63, 3.8) is 0 Å². The molecular formula is C21H19ClN2O5S2. The Balaban J connectivity index is 1.58. The van der Waals surface area contributed by atoms with E-state index in [1.807, 2.05) is 0 Å². The van der Waals surface area contributed by atoms with E-state index in [1.165, 1.54) is 6.07 Å². The first-order valence-corrected chi connectivity index (χ1v) is 12.4. The van der Waals surface area contributed by atoms with Crippen LogP contribution in [0.5, 0.6) is 0 Å². The van der Waals surface area contributed by atoms with Crippen molar-refractivity contribution >= 4 is 56.3 Å². The summed E-state index contributed by atoms with van der Waals surface area (Å²) >= 11 is 6.69. The van der Waals surface area contributed by atoms with Gasteiger partial charge in [0.25, 0.3) is 17.1 Å². The van der Waals surface area contributed by atoms with Crippen molar-refractivity contribution in [2.24, 2.45) is 0 Å². The molecule has 1 saturated heterocycles. The number of sulfone groups is 1.